The van der Waals surface area contributed by atoms with Crippen molar-refractivity contribution in [3.8, 4) is 0 Å². The Kier molecular flexibility index (Phi) is 4.48. The molecule has 1 atom stereocenters. The van der Waals surface area contributed by atoms with Crippen molar-refractivity contribution in [1.82, 2.24) is 0 Å². The van der Waals surface area contributed by atoms with Crippen molar-refractivity contribution < 1.29 is 19.7 Å². The highest BCUT2D eigenvalue weighted by Gasteiger charge is 2.05. The molecule has 1 aromatic rings. The zero-order valence-corrected chi connectivity index (χ0v) is 8.15. The number of aliphatic hydroxyl groups is 3. The molecule has 0 aliphatic carbocycles. The molecule has 0 aliphatic rings. The van der Waals surface area contributed by atoms with E-state index in [0.717, 1.165) is 0 Å². The Morgan fingerprint density at radius 1 is 1.33 bits per heavy atom. The van der Waals surface area contributed by atoms with Crippen LogP contribution >= 0.6 is 0 Å². The number of hydrogen-bond acceptors (Lipinski definition) is 4. The van der Waals surface area contributed by atoms with Gasteiger partial charge in [-0.15, -0.1) is 0 Å². The van der Waals surface area contributed by atoms with Crippen LogP contribution in [-0.2, 0) is 6.61 Å². The second-order valence-corrected chi connectivity index (χ2v) is 3.18. The van der Waals surface area contributed by atoms with Crippen LogP contribution in [0.1, 0.15) is 5.56 Å². The quantitative estimate of drug-likeness (QED) is 0.561. The molecule has 4 nitrogen and oxygen atoms in total. The van der Waals surface area contributed by atoms with Crippen LogP contribution in [0.4, 0.5) is 10.1 Å². The van der Waals surface area contributed by atoms with E-state index in [4.69, 9.17) is 15.3 Å². The molecule has 0 saturated heterocycles. The van der Waals surface area contributed by atoms with Crippen LogP contribution in [0.2, 0.25) is 0 Å². The summed E-state index contributed by atoms with van der Waals surface area (Å²) in [7, 11) is 0. The van der Waals surface area contributed by atoms with Gasteiger partial charge in [0.15, 0.2) is 0 Å². The zero-order chi connectivity index (χ0) is 11.3. The van der Waals surface area contributed by atoms with Gasteiger partial charge in [-0.3, -0.25) is 0 Å². The third-order valence-electron chi connectivity index (χ3n) is 1.98. The Morgan fingerprint density at radius 2 is 2.07 bits per heavy atom. The lowest BCUT2D eigenvalue weighted by atomic mass is 10.2. The molecule has 0 unspecified atom stereocenters. The lowest BCUT2D eigenvalue weighted by Gasteiger charge is -2.13. The van der Waals surface area contributed by atoms with Crippen molar-refractivity contribution in [3.05, 3.63) is 29.6 Å². The maximum Gasteiger partial charge on any atom is 0.125 e. The van der Waals surface area contributed by atoms with E-state index < -0.39 is 11.9 Å². The number of nitrogens with one attached hydrogen (secondary N) is 1. The summed E-state index contributed by atoms with van der Waals surface area (Å²) in [6.07, 6.45) is -0.903. The molecule has 1 aromatic carbocycles. The lowest BCUT2D eigenvalue weighted by molar-refractivity contribution is 0.105. The first-order chi connectivity index (χ1) is 7.17. The number of rotatable bonds is 5. The summed E-state index contributed by atoms with van der Waals surface area (Å²) in [6, 6.07) is 3.94. The van der Waals surface area contributed by atoms with Gasteiger partial charge in [0, 0.05) is 17.8 Å². The van der Waals surface area contributed by atoms with Gasteiger partial charge in [0.1, 0.15) is 5.82 Å². The summed E-state index contributed by atoms with van der Waals surface area (Å²) < 4.78 is 12.9. The first-order valence-electron chi connectivity index (χ1n) is 4.59. The molecule has 0 fully saturated rings. The van der Waals surface area contributed by atoms with Crippen molar-refractivity contribution >= 4 is 5.69 Å². The fourth-order valence-electron chi connectivity index (χ4n) is 1.14. The maximum absolute atomic E-state index is 12.9. The summed E-state index contributed by atoms with van der Waals surface area (Å²) >= 11 is 0. The molecule has 0 heterocycles. The number of anilines is 1. The molecular formula is C10H14FNO3. The van der Waals surface area contributed by atoms with Gasteiger partial charge in [-0.2, -0.15) is 0 Å². The molecule has 0 radical (unpaired) electrons. The minimum Gasteiger partial charge on any atom is -0.394 e. The molecule has 0 bridgehead atoms. The Labute approximate surface area is 87.0 Å². The van der Waals surface area contributed by atoms with Gasteiger partial charge < -0.3 is 20.6 Å². The Bertz CT molecular complexity index is 320. The molecule has 0 amide bonds. The fourth-order valence-corrected chi connectivity index (χ4v) is 1.14. The molecular weight excluding hydrogens is 201 g/mol. The number of halogens is 1. The first kappa shape index (κ1) is 11.9. The average molecular weight is 215 g/mol. The van der Waals surface area contributed by atoms with Crippen LogP contribution in [0.3, 0.4) is 0 Å². The van der Waals surface area contributed by atoms with Gasteiger partial charge in [-0.05, 0) is 12.1 Å². The van der Waals surface area contributed by atoms with E-state index in [-0.39, 0.29) is 19.8 Å². The van der Waals surface area contributed by atoms with Crippen molar-refractivity contribution in [3.63, 3.8) is 0 Å². The van der Waals surface area contributed by atoms with E-state index in [1.54, 1.807) is 0 Å². The number of benzene rings is 1. The van der Waals surface area contributed by atoms with Gasteiger partial charge in [0.25, 0.3) is 0 Å². The highest BCUT2D eigenvalue weighted by molar-refractivity contribution is 5.51. The summed E-state index contributed by atoms with van der Waals surface area (Å²) in [5, 5.41) is 29.4. The van der Waals surface area contributed by atoms with Crippen molar-refractivity contribution in [2.45, 2.75) is 12.7 Å². The van der Waals surface area contributed by atoms with E-state index in [9.17, 15) is 4.39 Å². The minimum atomic E-state index is -0.903. The molecule has 1 rings (SSSR count). The van der Waals surface area contributed by atoms with Gasteiger partial charge in [-0.1, -0.05) is 6.07 Å². The monoisotopic (exact) mass is 215 g/mol. The van der Waals surface area contributed by atoms with E-state index in [1.165, 1.54) is 18.2 Å². The van der Waals surface area contributed by atoms with Gasteiger partial charge >= 0.3 is 0 Å². The zero-order valence-electron chi connectivity index (χ0n) is 8.15. The predicted octanol–water partition coefficient (Wildman–Crippen LogP) is 0.0831. The third kappa shape index (κ3) is 3.47. The van der Waals surface area contributed by atoms with E-state index in [1.807, 2.05) is 0 Å². The van der Waals surface area contributed by atoms with Gasteiger partial charge in [0.05, 0.1) is 19.3 Å². The van der Waals surface area contributed by atoms with Crippen molar-refractivity contribution in [1.29, 1.82) is 0 Å². The molecule has 0 spiro atoms. The summed E-state index contributed by atoms with van der Waals surface area (Å²) in [6.45, 7) is -0.471. The van der Waals surface area contributed by atoms with E-state index in [0.29, 0.717) is 11.3 Å². The first-order valence-corrected chi connectivity index (χ1v) is 4.59. The Balaban J connectivity index is 2.69. The highest BCUT2D eigenvalue weighted by atomic mass is 19.1. The SMILES string of the molecule is OCc1ccc(F)cc1NC[C@H](O)CO. The van der Waals surface area contributed by atoms with Crippen LogP contribution in [0.5, 0.6) is 0 Å². The second kappa shape index (κ2) is 5.65. The lowest BCUT2D eigenvalue weighted by Crippen LogP contribution is -2.23. The van der Waals surface area contributed by atoms with Crippen LogP contribution in [0, 0.1) is 5.82 Å². The fraction of sp³-hybridized carbons (Fsp3) is 0.400. The molecule has 5 heteroatoms. The largest absolute Gasteiger partial charge is 0.394 e. The minimum absolute atomic E-state index is 0.104. The van der Waals surface area contributed by atoms with Crippen LogP contribution in [0.15, 0.2) is 18.2 Å². The molecule has 0 aromatic heterocycles. The molecule has 0 aliphatic heterocycles. The molecule has 15 heavy (non-hydrogen) atoms. The standard InChI is InChI=1S/C10H14FNO3/c11-8-2-1-7(5-13)10(3-8)12-4-9(15)6-14/h1-3,9,12-15H,4-6H2/t9-/m0/s1. The smallest absolute Gasteiger partial charge is 0.125 e. The summed E-state index contributed by atoms with van der Waals surface area (Å²) in [5.74, 6) is -0.423. The Morgan fingerprint density at radius 3 is 2.67 bits per heavy atom. The molecule has 4 N–H and O–H groups in total. The average Bonchev–Trinajstić information content (AvgIpc) is 2.26. The molecule has 84 valence electrons. The summed E-state index contributed by atoms with van der Waals surface area (Å²) in [4.78, 5) is 0. The van der Waals surface area contributed by atoms with E-state index >= 15 is 0 Å². The maximum atomic E-state index is 12.9. The van der Waals surface area contributed by atoms with Crippen LogP contribution < -0.4 is 5.32 Å². The summed E-state index contributed by atoms with van der Waals surface area (Å²) in [5.41, 5.74) is 0.964. The Hall–Kier alpha value is -1.17. The third-order valence-corrected chi connectivity index (χ3v) is 1.98. The molecule has 0 saturated carbocycles. The van der Waals surface area contributed by atoms with E-state index in [2.05, 4.69) is 5.32 Å². The van der Waals surface area contributed by atoms with Gasteiger partial charge in [-0.25, -0.2) is 4.39 Å². The second-order valence-electron chi connectivity index (χ2n) is 3.18. The highest BCUT2D eigenvalue weighted by Crippen LogP contribution is 2.16. The number of hydrogen-bond donors (Lipinski definition) is 4. The van der Waals surface area contributed by atoms with Crippen molar-refractivity contribution in [2.75, 3.05) is 18.5 Å². The predicted molar refractivity (Wildman–Crippen MR) is 53.9 cm³/mol. The van der Waals surface area contributed by atoms with Gasteiger partial charge in [0.2, 0.25) is 0 Å². The normalized spacial score (nSPS) is 12.5. The number of aliphatic hydroxyl groups excluding tert-OH is 3. The van der Waals surface area contributed by atoms with Crippen LogP contribution in [-0.4, -0.2) is 34.6 Å². The van der Waals surface area contributed by atoms with Crippen LogP contribution in [0.25, 0.3) is 0 Å². The van der Waals surface area contributed by atoms with Crippen molar-refractivity contribution in [2.24, 2.45) is 0 Å². The topological polar surface area (TPSA) is 72.7 Å².